The monoisotopic (exact) mass is 412 g/mol. The highest BCUT2D eigenvalue weighted by Crippen LogP contribution is 2.60. The van der Waals surface area contributed by atoms with Crippen LogP contribution in [0.15, 0.2) is 17.3 Å². The van der Waals surface area contributed by atoms with Gasteiger partial charge in [-0.1, -0.05) is 0 Å². The Balaban J connectivity index is 1.21. The van der Waals surface area contributed by atoms with Crippen LogP contribution in [-0.2, 0) is 27.9 Å². The van der Waals surface area contributed by atoms with Crippen LogP contribution in [-0.4, -0.2) is 37.2 Å². The molecule has 0 aliphatic heterocycles. The Labute approximate surface area is 174 Å². The first-order chi connectivity index (χ1) is 14.3. The lowest BCUT2D eigenvalue weighted by molar-refractivity contribution is -0.165. The molecule has 2 aromatic rings. The number of hydrogen-bond acceptors (Lipinski definition) is 6. The molecule has 0 N–H and O–H groups in total. The van der Waals surface area contributed by atoms with Crippen molar-refractivity contribution in [2.45, 2.75) is 64.5 Å². The number of carbonyl (C=O) groups is 2. The lowest BCUT2D eigenvalue weighted by Crippen LogP contribution is -2.52. The third-order valence-electron chi connectivity index (χ3n) is 7.51. The molecule has 0 spiro atoms. The second kappa shape index (κ2) is 7.03. The van der Waals surface area contributed by atoms with Crippen LogP contribution in [0, 0.1) is 23.2 Å². The summed E-state index contributed by atoms with van der Waals surface area (Å²) in [5.74, 6) is 1.66. The van der Waals surface area contributed by atoms with Crippen molar-refractivity contribution in [3.63, 3.8) is 0 Å². The van der Waals surface area contributed by atoms with Gasteiger partial charge in [0.15, 0.2) is 17.5 Å². The minimum absolute atomic E-state index is 0.0197. The third-order valence-corrected chi connectivity index (χ3v) is 7.51. The number of aromatic nitrogens is 4. The molecule has 4 saturated carbocycles. The number of ether oxygens (including phenoxy) is 1. The Morgan fingerprint density at radius 3 is 2.47 bits per heavy atom. The van der Waals surface area contributed by atoms with Crippen LogP contribution in [0.2, 0.25) is 0 Å². The molecule has 0 unspecified atom stereocenters. The lowest BCUT2D eigenvalue weighted by atomic mass is 9.48. The van der Waals surface area contributed by atoms with Crippen LogP contribution < -0.4 is 5.56 Å². The van der Waals surface area contributed by atoms with Gasteiger partial charge in [-0.3, -0.25) is 23.6 Å². The molecule has 1 atom stereocenters. The van der Waals surface area contributed by atoms with Gasteiger partial charge in [0.1, 0.15) is 5.39 Å². The van der Waals surface area contributed by atoms with Gasteiger partial charge >= 0.3 is 5.97 Å². The molecule has 0 aromatic carbocycles. The van der Waals surface area contributed by atoms with E-state index in [1.54, 1.807) is 14.0 Å². The standard InChI is InChI=1S/C22H28N4O4/c1-13(19(28)22-8-14-5-15(9-22)7-16(6-14)10-22)30-18(27)3-4-26-12-23-20-17(21(26)29)11-24-25(20)2/h11-16H,3-10H2,1-2H3/t13-,14?,15?,16?,22?/m1/s1. The predicted octanol–water partition coefficient (Wildman–Crippen LogP) is 2.24. The highest BCUT2D eigenvalue weighted by molar-refractivity contribution is 5.90. The van der Waals surface area contributed by atoms with Crippen molar-refractivity contribution in [1.82, 2.24) is 19.3 Å². The van der Waals surface area contributed by atoms with Crippen molar-refractivity contribution in [2.24, 2.45) is 30.2 Å². The van der Waals surface area contributed by atoms with E-state index < -0.39 is 12.1 Å². The van der Waals surface area contributed by atoms with Gasteiger partial charge in [-0.2, -0.15) is 5.10 Å². The first-order valence-corrected chi connectivity index (χ1v) is 11.0. The molecule has 4 fully saturated rings. The molecule has 2 aromatic heterocycles. The summed E-state index contributed by atoms with van der Waals surface area (Å²) in [4.78, 5) is 42.4. The van der Waals surface area contributed by atoms with Crippen molar-refractivity contribution >= 4 is 22.8 Å². The van der Waals surface area contributed by atoms with E-state index in [1.165, 1.54) is 41.0 Å². The molecule has 0 saturated heterocycles. The van der Waals surface area contributed by atoms with E-state index in [0.717, 1.165) is 19.3 Å². The van der Waals surface area contributed by atoms with Gasteiger partial charge in [0.2, 0.25) is 0 Å². The summed E-state index contributed by atoms with van der Waals surface area (Å²) < 4.78 is 8.43. The summed E-state index contributed by atoms with van der Waals surface area (Å²) in [6.07, 6.45) is 8.88. The number of aryl methyl sites for hydroxylation is 2. The number of ketones is 1. The fourth-order valence-electron chi connectivity index (χ4n) is 6.59. The minimum Gasteiger partial charge on any atom is -0.455 e. The predicted molar refractivity (Wildman–Crippen MR) is 109 cm³/mol. The van der Waals surface area contributed by atoms with Crippen LogP contribution in [0.1, 0.15) is 51.9 Å². The molecule has 4 aliphatic carbocycles. The van der Waals surface area contributed by atoms with Gasteiger partial charge in [-0.25, -0.2) is 4.98 Å². The summed E-state index contributed by atoms with van der Waals surface area (Å²) in [5.41, 5.74) is -0.00657. The van der Waals surface area contributed by atoms with Gasteiger partial charge in [-0.15, -0.1) is 0 Å². The molecule has 4 bridgehead atoms. The molecule has 2 heterocycles. The van der Waals surface area contributed by atoms with Crippen molar-refractivity contribution in [2.75, 3.05) is 0 Å². The van der Waals surface area contributed by atoms with Crippen LogP contribution in [0.3, 0.4) is 0 Å². The van der Waals surface area contributed by atoms with Crippen molar-refractivity contribution in [1.29, 1.82) is 0 Å². The Morgan fingerprint density at radius 2 is 1.83 bits per heavy atom. The number of fused-ring (bicyclic) bond motifs is 1. The maximum atomic E-state index is 13.3. The average molecular weight is 412 g/mol. The minimum atomic E-state index is -0.732. The van der Waals surface area contributed by atoms with Crippen LogP contribution in [0.4, 0.5) is 0 Å². The average Bonchev–Trinajstić information content (AvgIpc) is 3.07. The second-order valence-electron chi connectivity index (χ2n) is 9.69. The number of Topliss-reactive ketones (excluding diaryl/α,β-unsaturated/α-hetero) is 1. The normalized spacial score (nSPS) is 30.5. The molecule has 0 amide bonds. The quantitative estimate of drug-likeness (QED) is 0.675. The molecule has 4 aliphatic rings. The van der Waals surface area contributed by atoms with Gasteiger partial charge in [0, 0.05) is 19.0 Å². The fraction of sp³-hybridized carbons (Fsp3) is 0.682. The molecule has 160 valence electrons. The maximum Gasteiger partial charge on any atom is 0.308 e. The van der Waals surface area contributed by atoms with Crippen LogP contribution in [0.25, 0.3) is 11.0 Å². The van der Waals surface area contributed by atoms with Crippen LogP contribution in [0.5, 0.6) is 0 Å². The van der Waals surface area contributed by atoms with Crippen LogP contribution >= 0.6 is 0 Å². The smallest absolute Gasteiger partial charge is 0.308 e. The van der Waals surface area contributed by atoms with Crippen molar-refractivity contribution in [3.8, 4) is 0 Å². The summed E-state index contributed by atoms with van der Waals surface area (Å²) in [6, 6.07) is 0. The highest BCUT2D eigenvalue weighted by Gasteiger charge is 2.55. The Hall–Kier alpha value is -2.51. The number of hydrogen-bond donors (Lipinski definition) is 0. The Morgan fingerprint density at radius 1 is 1.20 bits per heavy atom. The summed E-state index contributed by atoms with van der Waals surface area (Å²) >= 11 is 0. The van der Waals surface area contributed by atoms with Gasteiger partial charge < -0.3 is 4.74 Å². The maximum absolute atomic E-state index is 13.3. The van der Waals surface area contributed by atoms with E-state index in [1.807, 2.05) is 0 Å². The molecule has 0 radical (unpaired) electrons. The largest absolute Gasteiger partial charge is 0.455 e. The number of rotatable bonds is 6. The number of esters is 1. The zero-order chi connectivity index (χ0) is 21.0. The Bertz CT molecular complexity index is 1030. The van der Waals surface area contributed by atoms with Gasteiger partial charge in [-0.05, 0) is 63.2 Å². The zero-order valence-corrected chi connectivity index (χ0v) is 17.5. The highest BCUT2D eigenvalue weighted by atomic mass is 16.5. The summed E-state index contributed by atoms with van der Waals surface area (Å²) in [6.45, 7) is 1.86. The van der Waals surface area contributed by atoms with Gasteiger partial charge in [0.25, 0.3) is 5.56 Å². The molecule has 8 heteroatoms. The first-order valence-electron chi connectivity index (χ1n) is 11.0. The fourth-order valence-corrected chi connectivity index (χ4v) is 6.59. The number of carbonyl (C=O) groups excluding carboxylic acids is 2. The molecule has 30 heavy (non-hydrogen) atoms. The topological polar surface area (TPSA) is 96.1 Å². The Kier molecular flexibility index (Phi) is 4.56. The molecule has 8 nitrogen and oxygen atoms in total. The summed E-state index contributed by atoms with van der Waals surface area (Å²) in [7, 11) is 1.72. The molecular formula is C22H28N4O4. The lowest BCUT2D eigenvalue weighted by Gasteiger charge is -2.56. The zero-order valence-electron chi connectivity index (χ0n) is 17.5. The van der Waals surface area contributed by atoms with E-state index in [4.69, 9.17) is 4.74 Å². The number of nitrogens with zero attached hydrogens (tertiary/aromatic N) is 4. The van der Waals surface area contributed by atoms with E-state index in [0.29, 0.717) is 28.8 Å². The first kappa shape index (κ1) is 19.5. The SMILES string of the molecule is C[C@@H](OC(=O)CCn1cnc2c(cnn2C)c1=O)C(=O)C12CC3CC(CC(C3)C1)C2. The van der Waals surface area contributed by atoms with E-state index in [9.17, 15) is 14.4 Å². The van der Waals surface area contributed by atoms with E-state index in [2.05, 4.69) is 10.1 Å². The van der Waals surface area contributed by atoms with Gasteiger partial charge in [0.05, 0.1) is 18.9 Å². The molecule has 6 rings (SSSR count). The molecular weight excluding hydrogens is 384 g/mol. The van der Waals surface area contributed by atoms with Crippen molar-refractivity contribution < 1.29 is 14.3 Å². The second-order valence-corrected chi connectivity index (χ2v) is 9.69. The van der Waals surface area contributed by atoms with E-state index >= 15 is 0 Å². The van der Waals surface area contributed by atoms with E-state index in [-0.39, 0.29) is 29.7 Å². The summed E-state index contributed by atoms with van der Waals surface area (Å²) in [5, 5.41) is 4.46. The third kappa shape index (κ3) is 3.17. The van der Waals surface area contributed by atoms with Crippen molar-refractivity contribution in [3.05, 3.63) is 22.9 Å².